The Kier molecular flexibility index (Phi) is 6.11. The van der Waals surface area contributed by atoms with Gasteiger partial charge >= 0.3 is 5.97 Å². The number of carboxylic acid groups (broad SMARTS) is 1. The van der Waals surface area contributed by atoms with Gasteiger partial charge in [-0.1, -0.05) is 0 Å². The molecule has 6 heteroatoms. The van der Waals surface area contributed by atoms with E-state index in [2.05, 4.69) is 32.7 Å². The summed E-state index contributed by atoms with van der Waals surface area (Å²) >= 11 is 5.14. The number of nitrogens with zero attached hydrogens (tertiary/aromatic N) is 1. The van der Waals surface area contributed by atoms with Crippen molar-refractivity contribution in [3.8, 4) is 0 Å². The van der Waals surface area contributed by atoms with E-state index in [0.29, 0.717) is 6.54 Å². The van der Waals surface area contributed by atoms with Crippen molar-refractivity contribution in [1.82, 2.24) is 10.2 Å². The number of nitrogens with one attached hydrogen (secondary N) is 1. The zero-order valence-corrected chi connectivity index (χ0v) is 12.3. The van der Waals surface area contributed by atoms with Gasteiger partial charge in [-0.3, -0.25) is 4.79 Å². The lowest BCUT2D eigenvalue weighted by Crippen LogP contribution is -2.43. The number of carboxylic acids is 1. The number of halogens is 1. The molecule has 0 bridgehead atoms. The summed E-state index contributed by atoms with van der Waals surface area (Å²) in [5, 5.41) is 13.8. The van der Waals surface area contributed by atoms with E-state index in [0.717, 1.165) is 17.4 Å². The van der Waals surface area contributed by atoms with Crippen LogP contribution in [0.1, 0.15) is 4.88 Å². The molecule has 1 unspecified atom stereocenters. The molecular weight excluding hydrogens is 304 g/mol. The number of carbonyl (C=O) groups is 1. The van der Waals surface area contributed by atoms with Gasteiger partial charge in [-0.2, -0.15) is 0 Å². The van der Waals surface area contributed by atoms with Crippen LogP contribution >= 0.6 is 27.3 Å². The van der Waals surface area contributed by atoms with Gasteiger partial charge in [0.1, 0.15) is 6.04 Å². The van der Waals surface area contributed by atoms with Crippen LogP contribution in [0.5, 0.6) is 0 Å². The van der Waals surface area contributed by atoms with Crippen LogP contribution in [0.3, 0.4) is 0 Å². The maximum atomic E-state index is 10.9. The van der Waals surface area contributed by atoms with Crippen molar-refractivity contribution in [2.75, 3.05) is 27.2 Å². The number of likely N-dealkylation sites (N-methyl/N-ethyl adjacent to an activating group) is 2. The highest BCUT2D eigenvalue weighted by Gasteiger charge is 2.16. The van der Waals surface area contributed by atoms with Crippen molar-refractivity contribution in [3.05, 3.63) is 20.8 Å². The lowest BCUT2D eigenvalue weighted by Gasteiger charge is -2.20. The second kappa shape index (κ2) is 7.10. The predicted molar refractivity (Wildman–Crippen MR) is 73.7 cm³/mol. The minimum absolute atomic E-state index is 0.505. The van der Waals surface area contributed by atoms with Crippen LogP contribution in [0.15, 0.2) is 15.9 Å². The van der Waals surface area contributed by atoms with Crippen molar-refractivity contribution in [3.63, 3.8) is 0 Å². The first-order valence-electron chi connectivity index (χ1n) is 5.34. The molecule has 0 amide bonds. The number of hydrogen-bond acceptors (Lipinski definition) is 4. The van der Waals surface area contributed by atoms with Crippen LogP contribution in [0, 0.1) is 0 Å². The molecule has 17 heavy (non-hydrogen) atoms. The Labute approximate surface area is 114 Å². The monoisotopic (exact) mass is 320 g/mol. The van der Waals surface area contributed by atoms with E-state index in [1.54, 1.807) is 18.4 Å². The summed E-state index contributed by atoms with van der Waals surface area (Å²) in [5.41, 5.74) is 0. The molecule has 1 rings (SSSR count). The Hall–Kier alpha value is -0.430. The smallest absolute Gasteiger partial charge is 0.322 e. The molecule has 0 fully saturated rings. The number of hydrogen-bond donors (Lipinski definition) is 2. The first kappa shape index (κ1) is 14.6. The highest BCUT2D eigenvalue weighted by molar-refractivity contribution is 9.10. The van der Waals surface area contributed by atoms with Gasteiger partial charge in [-0.05, 0) is 42.5 Å². The topological polar surface area (TPSA) is 52.6 Å². The average molecular weight is 321 g/mol. The third kappa shape index (κ3) is 5.16. The summed E-state index contributed by atoms with van der Waals surface area (Å²) in [6.45, 7) is 1.37. The fraction of sp³-hybridized carbons (Fsp3) is 0.545. The zero-order chi connectivity index (χ0) is 12.8. The van der Waals surface area contributed by atoms with Crippen LogP contribution in [-0.2, 0) is 11.2 Å². The molecule has 0 aromatic carbocycles. The summed E-state index contributed by atoms with van der Waals surface area (Å²) in [4.78, 5) is 14.2. The van der Waals surface area contributed by atoms with Gasteiger partial charge in [0, 0.05) is 27.8 Å². The maximum absolute atomic E-state index is 10.9. The molecule has 0 aliphatic heterocycles. The van der Waals surface area contributed by atoms with Crippen molar-refractivity contribution in [1.29, 1.82) is 0 Å². The predicted octanol–water partition coefficient (Wildman–Crippen LogP) is 1.66. The Morgan fingerprint density at radius 3 is 2.88 bits per heavy atom. The highest BCUT2D eigenvalue weighted by atomic mass is 79.9. The summed E-state index contributed by atoms with van der Waals surface area (Å²) in [6.07, 6.45) is 0.947. The minimum atomic E-state index is -0.807. The van der Waals surface area contributed by atoms with E-state index < -0.39 is 12.0 Å². The van der Waals surface area contributed by atoms with Crippen molar-refractivity contribution >= 4 is 33.2 Å². The molecule has 0 saturated heterocycles. The van der Waals surface area contributed by atoms with Gasteiger partial charge in [0.05, 0.1) is 0 Å². The molecule has 4 nitrogen and oxygen atoms in total. The minimum Gasteiger partial charge on any atom is -0.480 e. The molecule has 1 aromatic rings. The summed E-state index contributed by atoms with van der Waals surface area (Å²) in [7, 11) is 3.61. The van der Waals surface area contributed by atoms with Gasteiger partial charge in [0.25, 0.3) is 0 Å². The van der Waals surface area contributed by atoms with Crippen LogP contribution < -0.4 is 5.32 Å². The molecule has 0 aliphatic rings. The molecule has 1 atom stereocenters. The van der Waals surface area contributed by atoms with Crippen LogP contribution in [0.25, 0.3) is 0 Å². The van der Waals surface area contributed by atoms with Crippen LogP contribution in [-0.4, -0.2) is 49.2 Å². The van der Waals surface area contributed by atoms with E-state index in [4.69, 9.17) is 5.11 Å². The molecule has 2 N–H and O–H groups in total. The van der Waals surface area contributed by atoms with Gasteiger partial charge in [0.15, 0.2) is 0 Å². The molecular formula is C11H17BrN2O2S. The third-order valence-corrected chi connectivity index (χ3v) is 4.26. The molecule has 0 spiro atoms. The van der Waals surface area contributed by atoms with E-state index in [1.165, 1.54) is 4.88 Å². The number of rotatable bonds is 7. The summed E-state index contributed by atoms with van der Waals surface area (Å²) in [5.74, 6) is -0.807. The molecule has 1 heterocycles. The third-order valence-electron chi connectivity index (χ3n) is 2.50. The second-order valence-electron chi connectivity index (χ2n) is 3.92. The number of aliphatic carboxylic acids is 1. The molecule has 0 aliphatic carbocycles. The zero-order valence-electron chi connectivity index (χ0n) is 9.94. The fourth-order valence-electron chi connectivity index (χ4n) is 1.48. The molecule has 0 saturated carbocycles. The molecule has 0 radical (unpaired) electrons. The van der Waals surface area contributed by atoms with Gasteiger partial charge < -0.3 is 15.3 Å². The Balaban J connectivity index is 2.34. The van der Waals surface area contributed by atoms with Crippen LogP contribution in [0.2, 0.25) is 0 Å². The quantitative estimate of drug-likeness (QED) is 0.802. The summed E-state index contributed by atoms with van der Waals surface area (Å²) in [6, 6.07) is 1.60. The fourth-order valence-corrected chi connectivity index (χ4v) is 2.93. The first-order valence-corrected chi connectivity index (χ1v) is 7.01. The largest absolute Gasteiger partial charge is 0.480 e. The lowest BCUT2D eigenvalue weighted by molar-refractivity contribution is -0.139. The SMILES string of the molecule is CNC(CN(C)CCc1cc(Br)cs1)C(=O)O. The molecule has 96 valence electrons. The average Bonchev–Trinajstić information content (AvgIpc) is 2.68. The lowest BCUT2D eigenvalue weighted by atomic mass is 10.2. The summed E-state index contributed by atoms with van der Waals surface area (Å²) < 4.78 is 1.11. The van der Waals surface area contributed by atoms with E-state index >= 15 is 0 Å². The van der Waals surface area contributed by atoms with E-state index in [9.17, 15) is 4.79 Å². The Morgan fingerprint density at radius 1 is 1.71 bits per heavy atom. The number of thiophene rings is 1. The normalized spacial score (nSPS) is 12.9. The van der Waals surface area contributed by atoms with Gasteiger partial charge in [0.2, 0.25) is 0 Å². The van der Waals surface area contributed by atoms with Crippen molar-refractivity contribution in [2.24, 2.45) is 0 Å². The van der Waals surface area contributed by atoms with Gasteiger partial charge in [-0.15, -0.1) is 11.3 Å². The Bertz CT molecular complexity index is 370. The second-order valence-corrected chi connectivity index (χ2v) is 5.83. The maximum Gasteiger partial charge on any atom is 0.322 e. The van der Waals surface area contributed by atoms with Crippen molar-refractivity contribution < 1.29 is 9.90 Å². The van der Waals surface area contributed by atoms with Gasteiger partial charge in [-0.25, -0.2) is 0 Å². The van der Waals surface area contributed by atoms with E-state index in [-0.39, 0.29) is 0 Å². The Morgan fingerprint density at radius 2 is 2.41 bits per heavy atom. The van der Waals surface area contributed by atoms with Crippen molar-refractivity contribution in [2.45, 2.75) is 12.5 Å². The van der Waals surface area contributed by atoms with Crippen LogP contribution in [0.4, 0.5) is 0 Å². The standard InChI is InChI=1S/C11H17BrN2O2S/c1-13-10(11(15)16)6-14(2)4-3-9-5-8(12)7-17-9/h5,7,10,13H,3-4,6H2,1-2H3,(H,15,16). The molecule has 1 aromatic heterocycles. The highest BCUT2D eigenvalue weighted by Crippen LogP contribution is 2.20. The van der Waals surface area contributed by atoms with E-state index in [1.807, 2.05) is 11.9 Å². The first-order chi connectivity index (χ1) is 8.02.